The molecule has 12 heteroatoms. The molecule has 2 N–H and O–H groups in total. The van der Waals surface area contributed by atoms with Crippen LogP contribution in [0, 0.1) is 0 Å². The first-order valence-electron chi connectivity index (χ1n) is 11.4. The molecule has 0 aromatic heterocycles. The highest BCUT2D eigenvalue weighted by atomic mass is 35.5. The van der Waals surface area contributed by atoms with E-state index in [1.807, 2.05) is 0 Å². The molecule has 3 rings (SSSR count). The second-order valence-electron chi connectivity index (χ2n) is 8.85. The standard InChI is InChI=1S/C27H26Cl2NO7PS/c1-37-19-7-5-8-20(16-19)38(2,34)11-10-18-13-22(28)25(23(29)14-18)26(31)30-24(27(32)33)15-17-6-4-9-21(12-17)39(3,35)36/h4-14,16,24H,15H2,1-3H3,(H,30,31)(H,32,33)/b11-10+. The Morgan fingerprint density at radius 2 is 1.72 bits per heavy atom. The summed E-state index contributed by atoms with van der Waals surface area (Å²) in [6, 6.07) is 14.3. The van der Waals surface area contributed by atoms with Gasteiger partial charge in [-0.3, -0.25) is 4.79 Å². The number of rotatable bonds is 10. The molecule has 2 atom stereocenters. The first kappa shape index (κ1) is 30.4. The van der Waals surface area contributed by atoms with Crippen molar-refractivity contribution >= 4 is 63.4 Å². The van der Waals surface area contributed by atoms with E-state index in [0.29, 0.717) is 22.2 Å². The number of amides is 1. The summed E-state index contributed by atoms with van der Waals surface area (Å²) in [7, 11) is -4.89. The average molecular weight is 610 g/mol. The smallest absolute Gasteiger partial charge is 0.326 e. The van der Waals surface area contributed by atoms with Crippen molar-refractivity contribution in [3.05, 3.63) is 93.2 Å². The van der Waals surface area contributed by atoms with Gasteiger partial charge >= 0.3 is 5.97 Å². The fourth-order valence-electron chi connectivity index (χ4n) is 3.68. The van der Waals surface area contributed by atoms with Crippen molar-refractivity contribution in [3.63, 3.8) is 0 Å². The summed E-state index contributed by atoms with van der Waals surface area (Å²) < 4.78 is 42.1. The molecule has 0 bridgehead atoms. The molecule has 0 heterocycles. The van der Waals surface area contributed by atoms with Crippen molar-refractivity contribution in [1.82, 2.24) is 5.32 Å². The van der Waals surface area contributed by atoms with E-state index in [1.54, 1.807) is 43.1 Å². The molecule has 2 unspecified atom stereocenters. The molecular weight excluding hydrogens is 584 g/mol. The molecule has 0 aliphatic heterocycles. The van der Waals surface area contributed by atoms with Gasteiger partial charge in [0, 0.05) is 18.0 Å². The summed E-state index contributed by atoms with van der Waals surface area (Å²) in [6.45, 7) is 1.60. The number of carbonyl (C=O) groups excluding carboxylic acids is 1. The Morgan fingerprint density at radius 3 is 2.31 bits per heavy atom. The van der Waals surface area contributed by atoms with Crippen molar-refractivity contribution in [2.75, 3.05) is 20.0 Å². The summed E-state index contributed by atoms with van der Waals surface area (Å²) in [5.74, 6) is -0.0257. The first-order chi connectivity index (χ1) is 18.2. The Balaban J connectivity index is 1.81. The van der Waals surface area contributed by atoms with Gasteiger partial charge in [-0.25, -0.2) is 13.2 Å². The van der Waals surface area contributed by atoms with E-state index < -0.39 is 34.9 Å². The maximum atomic E-state index is 13.3. The van der Waals surface area contributed by atoms with E-state index in [2.05, 4.69) is 5.32 Å². The molecule has 0 saturated heterocycles. The van der Waals surface area contributed by atoms with Crippen molar-refractivity contribution in [1.29, 1.82) is 0 Å². The third-order valence-corrected chi connectivity index (χ3v) is 9.51. The van der Waals surface area contributed by atoms with Gasteiger partial charge in [-0.1, -0.05) is 53.5 Å². The van der Waals surface area contributed by atoms with Gasteiger partial charge in [0.05, 0.1) is 27.6 Å². The highest BCUT2D eigenvalue weighted by molar-refractivity contribution is 7.90. The maximum absolute atomic E-state index is 13.3. The number of benzene rings is 3. The summed E-state index contributed by atoms with van der Waals surface area (Å²) in [4.78, 5) is 24.9. The van der Waals surface area contributed by atoms with Crippen LogP contribution in [0.3, 0.4) is 0 Å². The molecule has 206 valence electrons. The van der Waals surface area contributed by atoms with Crippen LogP contribution >= 0.6 is 30.3 Å². The quantitative estimate of drug-likeness (QED) is 0.305. The number of methoxy groups -OCH3 is 1. The number of nitrogens with one attached hydrogen (secondary N) is 1. The van der Waals surface area contributed by atoms with Gasteiger partial charge in [0.1, 0.15) is 18.9 Å². The normalized spacial score (nSPS) is 14.0. The molecule has 0 fully saturated rings. The fraction of sp³-hybridized carbons (Fsp3) is 0.185. The van der Waals surface area contributed by atoms with Gasteiger partial charge in [-0.2, -0.15) is 0 Å². The van der Waals surface area contributed by atoms with E-state index in [1.165, 1.54) is 43.3 Å². The number of aliphatic carboxylic acids is 1. The van der Waals surface area contributed by atoms with E-state index >= 15 is 0 Å². The molecule has 0 aliphatic rings. The Labute approximate surface area is 236 Å². The van der Waals surface area contributed by atoms with Crippen LogP contribution in [0.4, 0.5) is 0 Å². The number of carboxylic acid groups (broad SMARTS) is 1. The lowest BCUT2D eigenvalue weighted by Gasteiger charge is -2.17. The van der Waals surface area contributed by atoms with Crippen molar-refractivity contribution in [3.8, 4) is 5.75 Å². The molecular formula is C27H26Cl2NO7PS. The summed E-state index contributed by atoms with van der Waals surface area (Å²) in [6.07, 6.45) is 2.45. The highest BCUT2D eigenvalue weighted by Crippen LogP contribution is 2.43. The molecule has 8 nitrogen and oxygen atoms in total. The lowest BCUT2D eigenvalue weighted by atomic mass is 10.0. The van der Waals surface area contributed by atoms with E-state index in [4.69, 9.17) is 27.9 Å². The Bertz CT molecular complexity index is 1580. The van der Waals surface area contributed by atoms with Crippen LogP contribution in [0.25, 0.3) is 6.08 Å². The first-order valence-corrected chi connectivity index (χ1v) is 16.3. The van der Waals surface area contributed by atoms with Gasteiger partial charge in [0.2, 0.25) is 0 Å². The van der Waals surface area contributed by atoms with Crippen LogP contribution in [-0.4, -0.2) is 51.5 Å². The molecule has 1 amide bonds. The highest BCUT2D eigenvalue weighted by Gasteiger charge is 2.25. The molecule has 0 radical (unpaired) electrons. The largest absolute Gasteiger partial charge is 0.497 e. The Hall–Kier alpha value is -3.10. The van der Waals surface area contributed by atoms with Crippen LogP contribution in [0.1, 0.15) is 21.5 Å². The summed E-state index contributed by atoms with van der Waals surface area (Å²) in [5.41, 5.74) is 0.765. The maximum Gasteiger partial charge on any atom is 0.326 e. The lowest BCUT2D eigenvalue weighted by Crippen LogP contribution is -2.42. The summed E-state index contributed by atoms with van der Waals surface area (Å²) in [5, 5.41) is 12.6. The van der Waals surface area contributed by atoms with Crippen LogP contribution < -0.4 is 15.4 Å². The minimum Gasteiger partial charge on any atom is -0.497 e. The van der Waals surface area contributed by atoms with Gasteiger partial charge < -0.3 is 19.7 Å². The fourth-order valence-corrected chi connectivity index (χ4v) is 6.44. The summed E-state index contributed by atoms with van der Waals surface area (Å²) >= 11 is 12.7. The molecule has 3 aromatic carbocycles. The third-order valence-electron chi connectivity index (χ3n) is 5.78. The van der Waals surface area contributed by atoms with Crippen LogP contribution in [0.5, 0.6) is 5.75 Å². The van der Waals surface area contributed by atoms with Crippen LogP contribution in [0.15, 0.2) is 71.4 Å². The number of carboxylic acids is 1. The second kappa shape index (κ2) is 12.4. The molecule has 3 aromatic rings. The number of hydrogen-bond acceptors (Lipinski definition) is 6. The van der Waals surface area contributed by atoms with Gasteiger partial charge in [0.25, 0.3) is 5.91 Å². The zero-order chi connectivity index (χ0) is 29.0. The van der Waals surface area contributed by atoms with E-state index in [9.17, 15) is 27.7 Å². The second-order valence-corrected chi connectivity index (χ2v) is 14.5. The van der Waals surface area contributed by atoms with E-state index in [0.717, 1.165) is 6.26 Å². The van der Waals surface area contributed by atoms with Crippen molar-refractivity contribution < 1.29 is 32.4 Å². The number of sulfone groups is 1. The zero-order valence-electron chi connectivity index (χ0n) is 21.2. The minimum atomic E-state index is -3.49. The van der Waals surface area contributed by atoms with Gasteiger partial charge in [0.15, 0.2) is 9.84 Å². The van der Waals surface area contributed by atoms with Crippen LogP contribution in [0.2, 0.25) is 10.0 Å². The zero-order valence-corrected chi connectivity index (χ0v) is 24.4. The Kier molecular flexibility index (Phi) is 9.67. The van der Waals surface area contributed by atoms with E-state index in [-0.39, 0.29) is 26.9 Å². The molecule has 39 heavy (non-hydrogen) atoms. The molecule has 0 saturated carbocycles. The average Bonchev–Trinajstić information content (AvgIpc) is 2.86. The van der Waals surface area contributed by atoms with Gasteiger partial charge in [-0.15, -0.1) is 0 Å². The Morgan fingerprint density at radius 1 is 1.08 bits per heavy atom. The minimum absolute atomic E-state index is 0.0322. The number of halogens is 2. The van der Waals surface area contributed by atoms with Crippen molar-refractivity contribution in [2.24, 2.45) is 0 Å². The van der Waals surface area contributed by atoms with Gasteiger partial charge in [-0.05, 0) is 60.0 Å². The predicted octanol–water partition coefficient (Wildman–Crippen LogP) is 5.12. The SMILES string of the molecule is COc1cccc(P(C)(=O)/C=C/c2cc(Cl)c(C(=O)NC(Cc3cccc(S(C)(=O)=O)c3)C(=O)O)c(Cl)c2)c1. The number of carbonyl (C=O) groups is 2. The predicted molar refractivity (Wildman–Crippen MR) is 154 cm³/mol. The monoisotopic (exact) mass is 609 g/mol. The molecule has 0 aliphatic carbocycles. The molecule has 0 spiro atoms. The number of hydrogen-bond donors (Lipinski definition) is 2. The lowest BCUT2D eigenvalue weighted by molar-refractivity contribution is -0.139. The van der Waals surface area contributed by atoms with Crippen molar-refractivity contribution in [2.45, 2.75) is 17.4 Å². The topological polar surface area (TPSA) is 127 Å². The number of ether oxygens (including phenoxy) is 1. The third kappa shape index (κ3) is 7.96. The van der Waals surface area contributed by atoms with Crippen LogP contribution in [-0.2, 0) is 25.6 Å².